The summed E-state index contributed by atoms with van der Waals surface area (Å²) in [5, 5.41) is 0. The summed E-state index contributed by atoms with van der Waals surface area (Å²) in [6.07, 6.45) is 0. The van der Waals surface area contributed by atoms with Crippen molar-refractivity contribution < 1.29 is 0 Å². The quantitative estimate of drug-likeness (QED) is 0.683. The molecule has 0 aliphatic heterocycles. The van der Waals surface area contributed by atoms with Crippen molar-refractivity contribution in [3.05, 3.63) is 23.0 Å². The zero-order valence-electron chi connectivity index (χ0n) is 7.73. The second-order valence-corrected chi connectivity index (χ2v) is 3.34. The number of nitrogens with one attached hydrogen (secondary N) is 1. The highest BCUT2D eigenvalue weighted by Gasteiger charge is 2.01. The molecule has 1 rings (SSSR count). The lowest BCUT2D eigenvalue weighted by atomic mass is 10.2. The summed E-state index contributed by atoms with van der Waals surface area (Å²) in [7, 11) is 4.17. The van der Waals surface area contributed by atoms with Crippen molar-refractivity contribution in [2.75, 3.05) is 14.1 Å². The van der Waals surface area contributed by atoms with Crippen LogP contribution in [0, 0.1) is 13.8 Å². The fourth-order valence-corrected chi connectivity index (χ4v) is 1.29. The van der Waals surface area contributed by atoms with Gasteiger partial charge in [0.15, 0.2) is 0 Å². The fourth-order valence-electron chi connectivity index (χ4n) is 1.29. The van der Waals surface area contributed by atoms with Gasteiger partial charge in [0.25, 0.3) is 0 Å². The van der Waals surface area contributed by atoms with Crippen LogP contribution in [0.3, 0.4) is 0 Å². The molecule has 2 heteroatoms. The Morgan fingerprint density at radius 1 is 1.36 bits per heavy atom. The van der Waals surface area contributed by atoms with Gasteiger partial charge in [0, 0.05) is 17.9 Å². The molecular weight excluding hydrogens is 136 g/mol. The lowest BCUT2D eigenvalue weighted by Crippen LogP contribution is -2.10. The van der Waals surface area contributed by atoms with E-state index < -0.39 is 0 Å². The molecular formula is C9H16N2. The average molecular weight is 152 g/mol. The summed E-state index contributed by atoms with van der Waals surface area (Å²) in [5.74, 6) is 0. The third-order valence-electron chi connectivity index (χ3n) is 1.74. The summed E-state index contributed by atoms with van der Waals surface area (Å²) in [4.78, 5) is 5.46. The van der Waals surface area contributed by atoms with E-state index in [0.717, 1.165) is 6.54 Å². The van der Waals surface area contributed by atoms with Crippen LogP contribution in [0.1, 0.15) is 17.0 Å². The zero-order chi connectivity index (χ0) is 8.43. The van der Waals surface area contributed by atoms with E-state index in [2.05, 4.69) is 43.9 Å². The van der Waals surface area contributed by atoms with Crippen LogP contribution in [0.5, 0.6) is 0 Å². The molecule has 0 aromatic carbocycles. The van der Waals surface area contributed by atoms with Gasteiger partial charge in [0.1, 0.15) is 0 Å². The van der Waals surface area contributed by atoms with E-state index in [0.29, 0.717) is 0 Å². The minimum Gasteiger partial charge on any atom is -0.362 e. The lowest BCUT2D eigenvalue weighted by Gasteiger charge is -2.07. The normalized spacial score (nSPS) is 11.0. The largest absolute Gasteiger partial charge is 0.362 e. The zero-order valence-corrected chi connectivity index (χ0v) is 7.73. The smallest absolute Gasteiger partial charge is 0.0245 e. The maximum atomic E-state index is 3.29. The van der Waals surface area contributed by atoms with E-state index >= 15 is 0 Å². The SMILES string of the molecule is Cc1cc(CN(C)C)c(C)[nH]1. The van der Waals surface area contributed by atoms with Crippen LogP contribution in [-0.2, 0) is 6.54 Å². The van der Waals surface area contributed by atoms with Crippen LogP contribution < -0.4 is 0 Å². The molecule has 0 fully saturated rings. The Bertz CT molecular complexity index is 236. The molecule has 1 aromatic heterocycles. The molecule has 0 saturated heterocycles. The molecule has 2 nitrogen and oxygen atoms in total. The van der Waals surface area contributed by atoms with Gasteiger partial charge in [0.05, 0.1) is 0 Å². The number of aromatic nitrogens is 1. The minimum atomic E-state index is 1.02. The van der Waals surface area contributed by atoms with E-state index in [4.69, 9.17) is 0 Å². The third-order valence-corrected chi connectivity index (χ3v) is 1.74. The molecule has 0 aliphatic carbocycles. The number of H-pyrrole nitrogens is 1. The first-order valence-electron chi connectivity index (χ1n) is 3.89. The molecule has 1 aromatic rings. The minimum absolute atomic E-state index is 1.02. The molecule has 0 radical (unpaired) electrons. The highest BCUT2D eigenvalue weighted by molar-refractivity contribution is 5.23. The molecule has 0 amide bonds. The Kier molecular flexibility index (Phi) is 2.35. The van der Waals surface area contributed by atoms with Crippen LogP contribution >= 0.6 is 0 Å². The van der Waals surface area contributed by atoms with Crippen LogP contribution in [0.2, 0.25) is 0 Å². The van der Waals surface area contributed by atoms with Gasteiger partial charge in [-0.05, 0) is 39.6 Å². The standard InChI is InChI=1S/C9H16N2/c1-7-5-9(6-11(3)4)8(2)10-7/h5,10H,6H2,1-4H3. The number of rotatable bonds is 2. The molecule has 0 aliphatic rings. The third kappa shape index (κ3) is 2.09. The van der Waals surface area contributed by atoms with Crippen molar-refractivity contribution in [2.24, 2.45) is 0 Å². The summed E-state index contributed by atoms with van der Waals surface area (Å²) >= 11 is 0. The molecule has 0 atom stereocenters. The highest BCUT2D eigenvalue weighted by atomic mass is 15.1. The molecule has 0 bridgehead atoms. The van der Waals surface area contributed by atoms with Gasteiger partial charge >= 0.3 is 0 Å². The highest BCUT2D eigenvalue weighted by Crippen LogP contribution is 2.10. The van der Waals surface area contributed by atoms with Crippen LogP contribution in [0.15, 0.2) is 6.07 Å². The number of aromatic amines is 1. The van der Waals surface area contributed by atoms with Gasteiger partial charge in [-0.2, -0.15) is 0 Å². The Labute approximate surface area is 68.2 Å². The maximum absolute atomic E-state index is 3.29. The van der Waals surface area contributed by atoms with Crippen molar-refractivity contribution in [2.45, 2.75) is 20.4 Å². The predicted molar refractivity (Wildman–Crippen MR) is 47.7 cm³/mol. The molecule has 0 spiro atoms. The maximum Gasteiger partial charge on any atom is 0.0245 e. The molecule has 0 saturated carbocycles. The molecule has 0 unspecified atom stereocenters. The average Bonchev–Trinajstić information content (AvgIpc) is 2.09. The first-order chi connectivity index (χ1) is 5.09. The predicted octanol–water partition coefficient (Wildman–Crippen LogP) is 1.69. The first-order valence-corrected chi connectivity index (χ1v) is 3.89. The van der Waals surface area contributed by atoms with Gasteiger partial charge in [-0.1, -0.05) is 0 Å². The van der Waals surface area contributed by atoms with Crippen molar-refractivity contribution in [3.8, 4) is 0 Å². The van der Waals surface area contributed by atoms with E-state index in [-0.39, 0.29) is 0 Å². The van der Waals surface area contributed by atoms with Crippen LogP contribution in [0.25, 0.3) is 0 Å². The molecule has 11 heavy (non-hydrogen) atoms. The molecule has 62 valence electrons. The number of hydrogen-bond donors (Lipinski definition) is 1. The summed E-state index contributed by atoms with van der Waals surface area (Å²) < 4.78 is 0. The van der Waals surface area contributed by atoms with Gasteiger partial charge in [-0.3, -0.25) is 0 Å². The number of aryl methyl sites for hydroxylation is 2. The van der Waals surface area contributed by atoms with Crippen LogP contribution in [-0.4, -0.2) is 24.0 Å². The fraction of sp³-hybridized carbons (Fsp3) is 0.556. The van der Waals surface area contributed by atoms with Gasteiger partial charge in [0.2, 0.25) is 0 Å². The summed E-state index contributed by atoms with van der Waals surface area (Å²) in [6.45, 7) is 5.23. The lowest BCUT2D eigenvalue weighted by molar-refractivity contribution is 0.401. The van der Waals surface area contributed by atoms with Crippen molar-refractivity contribution in [1.82, 2.24) is 9.88 Å². The van der Waals surface area contributed by atoms with Gasteiger partial charge < -0.3 is 9.88 Å². The molecule has 1 heterocycles. The van der Waals surface area contributed by atoms with Gasteiger partial charge in [-0.25, -0.2) is 0 Å². The number of nitrogens with zero attached hydrogens (tertiary/aromatic N) is 1. The van der Waals surface area contributed by atoms with E-state index in [1.54, 1.807) is 0 Å². The monoisotopic (exact) mass is 152 g/mol. The van der Waals surface area contributed by atoms with E-state index in [1.807, 2.05) is 0 Å². The Hall–Kier alpha value is -0.760. The van der Waals surface area contributed by atoms with Crippen molar-refractivity contribution in [1.29, 1.82) is 0 Å². The van der Waals surface area contributed by atoms with Crippen molar-refractivity contribution in [3.63, 3.8) is 0 Å². The Morgan fingerprint density at radius 2 is 2.00 bits per heavy atom. The first kappa shape index (κ1) is 8.34. The number of hydrogen-bond acceptors (Lipinski definition) is 1. The second kappa shape index (κ2) is 3.09. The Morgan fingerprint density at radius 3 is 2.36 bits per heavy atom. The Balaban J connectivity index is 2.77. The summed E-state index contributed by atoms with van der Waals surface area (Å²) in [5.41, 5.74) is 3.93. The van der Waals surface area contributed by atoms with E-state index in [9.17, 15) is 0 Å². The second-order valence-electron chi connectivity index (χ2n) is 3.34. The topological polar surface area (TPSA) is 19.0 Å². The summed E-state index contributed by atoms with van der Waals surface area (Å²) in [6, 6.07) is 2.20. The van der Waals surface area contributed by atoms with E-state index in [1.165, 1.54) is 17.0 Å². The molecule has 1 N–H and O–H groups in total. The van der Waals surface area contributed by atoms with Gasteiger partial charge in [-0.15, -0.1) is 0 Å². The van der Waals surface area contributed by atoms with Crippen molar-refractivity contribution >= 4 is 0 Å². The van der Waals surface area contributed by atoms with Crippen LogP contribution in [0.4, 0.5) is 0 Å².